The van der Waals surface area contributed by atoms with Crippen molar-refractivity contribution in [3.8, 4) is 0 Å². The fourth-order valence-corrected chi connectivity index (χ4v) is 4.01. The summed E-state index contributed by atoms with van der Waals surface area (Å²) in [6.07, 6.45) is 9.61. The molecular weight excluding hydrogens is 208 g/mol. The highest BCUT2D eigenvalue weighted by Gasteiger charge is 2.42. The number of hydrogen-bond donors (Lipinski definition) is 1. The van der Waals surface area contributed by atoms with E-state index in [1.165, 1.54) is 58.0 Å². The van der Waals surface area contributed by atoms with E-state index >= 15 is 0 Å². The SMILES string of the molecule is CCC1CCN(C2(CN)CCCC(CC)C2)C1. The van der Waals surface area contributed by atoms with Gasteiger partial charge in [0.2, 0.25) is 0 Å². The topological polar surface area (TPSA) is 29.3 Å². The minimum atomic E-state index is 0.364. The zero-order chi connectivity index (χ0) is 12.3. The third kappa shape index (κ3) is 2.68. The van der Waals surface area contributed by atoms with E-state index in [4.69, 9.17) is 5.73 Å². The second kappa shape index (κ2) is 5.71. The third-order valence-corrected chi connectivity index (χ3v) is 5.41. The van der Waals surface area contributed by atoms with E-state index in [9.17, 15) is 0 Å². The molecule has 0 bridgehead atoms. The third-order valence-electron chi connectivity index (χ3n) is 5.41. The zero-order valence-electron chi connectivity index (χ0n) is 11.8. The van der Waals surface area contributed by atoms with E-state index in [2.05, 4.69) is 18.7 Å². The Morgan fingerprint density at radius 3 is 2.53 bits per heavy atom. The maximum atomic E-state index is 6.18. The molecule has 2 rings (SSSR count). The molecule has 1 aliphatic carbocycles. The molecule has 17 heavy (non-hydrogen) atoms. The highest BCUT2D eigenvalue weighted by Crippen LogP contribution is 2.40. The average molecular weight is 238 g/mol. The molecule has 100 valence electrons. The molecule has 0 aromatic carbocycles. The average Bonchev–Trinajstić information content (AvgIpc) is 2.88. The molecule has 3 unspecified atom stereocenters. The lowest BCUT2D eigenvalue weighted by Gasteiger charge is -2.47. The van der Waals surface area contributed by atoms with Crippen LogP contribution in [-0.4, -0.2) is 30.1 Å². The van der Waals surface area contributed by atoms with E-state index in [-0.39, 0.29) is 0 Å². The highest BCUT2D eigenvalue weighted by molar-refractivity contribution is 4.98. The van der Waals surface area contributed by atoms with Crippen molar-refractivity contribution in [2.24, 2.45) is 17.6 Å². The Morgan fingerprint density at radius 2 is 1.94 bits per heavy atom. The van der Waals surface area contributed by atoms with Crippen LogP contribution in [0.5, 0.6) is 0 Å². The molecule has 0 spiro atoms. The van der Waals surface area contributed by atoms with E-state index < -0.39 is 0 Å². The lowest BCUT2D eigenvalue weighted by Crippen LogP contribution is -2.55. The first-order valence-corrected chi connectivity index (χ1v) is 7.69. The summed E-state index contributed by atoms with van der Waals surface area (Å²) in [4.78, 5) is 2.75. The van der Waals surface area contributed by atoms with Crippen molar-refractivity contribution < 1.29 is 0 Å². The summed E-state index contributed by atoms with van der Waals surface area (Å²) in [6, 6.07) is 0. The second-order valence-electron chi connectivity index (χ2n) is 6.31. The van der Waals surface area contributed by atoms with Crippen LogP contribution in [0.25, 0.3) is 0 Å². The van der Waals surface area contributed by atoms with Gasteiger partial charge in [0.05, 0.1) is 0 Å². The van der Waals surface area contributed by atoms with Crippen LogP contribution in [-0.2, 0) is 0 Å². The first-order chi connectivity index (χ1) is 8.24. The van der Waals surface area contributed by atoms with Gasteiger partial charge in [0.1, 0.15) is 0 Å². The van der Waals surface area contributed by atoms with Gasteiger partial charge < -0.3 is 5.73 Å². The minimum absolute atomic E-state index is 0.364. The maximum Gasteiger partial charge on any atom is 0.0334 e. The number of rotatable bonds is 4. The van der Waals surface area contributed by atoms with Gasteiger partial charge in [-0.2, -0.15) is 0 Å². The molecule has 2 heteroatoms. The molecule has 1 saturated carbocycles. The molecule has 1 heterocycles. The number of nitrogens with zero attached hydrogens (tertiary/aromatic N) is 1. The zero-order valence-corrected chi connectivity index (χ0v) is 11.8. The minimum Gasteiger partial charge on any atom is -0.329 e. The predicted molar refractivity (Wildman–Crippen MR) is 74.0 cm³/mol. The molecule has 0 amide bonds. The summed E-state index contributed by atoms with van der Waals surface area (Å²) in [5.74, 6) is 1.86. The molecule has 1 aliphatic heterocycles. The van der Waals surface area contributed by atoms with Crippen LogP contribution in [0, 0.1) is 11.8 Å². The van der Waals surface area contributed by atoms with Crippen molar-refractivity contribution in [2.45, 2.75) is 64.3 Å². The number of nitrogens with two attached hydrogens (primary N) is 1. The normalized spacial score (nSPS) is 39.7. The lowest BCUT2D eigenvalue weighted by atomic mass is 9.73. The van der Waals surface area contributed by atoms with Gasteiger partial charge in [-0.25, -0.2) is 0 Å². The Balaban J connectivity index is 2.03. The van der Waals surface area contributed by atoms with Crippen molar-refractivity contribution in [1.29, 1.82) is 0 Å². The molecule has 0 aromatic heterocycles. The smallest absolute Gasteiger partial charge is 0.0334 e. The van der Waals surface area contributed by atoms with Crippen LogP contribution < -0.4 is 5.73 Å². The molecule has 0 radical (unpaired) electrons. The molecule has 2 fully saturated rings. The monoisotopic (exact) mass is 238 g/mol. The molecule has 2 aliphatic rings. The Morgan fingerprint density at radius 1 is 1.18 bits per heavy atom. The van der Waals surface area contributed by atoms with Crippen molar-refractivity contribution in [3.63, 3.8) is 0 Å². The first kappa shape index (κ1) is 13.4. The second-order valence-corrected chi connectivity index (χ2v) is 6.31. The number of likely N-dealkylation sites (tertiary alicyclic amines) is 1. The molecule has 2 N–H and O–H groups in total. The molecule has 1 saturated heterocycles. The van der Waals surface area contributed by atoms with Gasteiger partial charge >= 0.3 is 0 Å². The quantitative estimate of drug-likeness (QED) is 0.816. The van der Waals surface area contributed by atoms with Crippen LogP contribution in [0.2, 0.25) is 0 Å². The Bertz CT molecular complexity index is 241. The van der Waals surface area contributed by atoms with Gasteiger partial charge in [-0.3, -0.25) is 4.90 Å². The molecule has 0 aromatic rings. The lowest BCUT2D eigenvalue weighted by molar-refractivity contribution is 0.0513. The van der Waals surface area contributed by atoms with Crippen LogP contribution in [0.4, 0.5) is 0 Å². The molecule has 3 atom stereocenters. The standard InChI is InChI=1S/C15H30N2/c1-3-13-6-5-8-15(10-13,12-16)17-9-7-14(4-2)11-17/h13-14H,3-12,16H2,1-2H3. The van der Waals surface area contributed by atoms with Gasteiger partial charge in [-0.15, -0.1) is 0 Å². The summed E-state index contributed by atoms with van der Waals surface area (Å²) in [5.41, 5.74) is 6.54. The Kier molecular flexibility index (Phi) is 4.48. The molecular formula is C15H30N2. The van der Waals surface area contributed by atoms with E-state index in [1.807, 2.05) is 0 Å². The summed E-state index contributed by atoms with van der Waals surface area (Å²) < 4.78 is 0. The van der Waals surface area contributed by atoms with Gasteiger partial charge in [0, 0.05) is 18.6 Å². The van der Waals surface area contributed by atoms with Gasteiger partial charge in [-0.05, 0) is 37.6 Å². The Hall–Kier alpha value is -0.0800. The van der Waals surface area contributed by atoms with Gasteiger partial charge in [0.25, 0.3) is 0 Å². The fraction of sp³-hybridized carbons (Fsp3) is 1.00. The molecule has 2 nitrogen and oxygen atoms in total. The van der Waals surface area contributed by atoms with Crippen molar-refractivity contribution in [1.82, 2.24) is 4.90 Å². The van der Waals surface area contributed by atoms with E-state index in [0.717, 1.165) is 18.4 Å². The van der Waals surface area contributed by atoms with E-state index in [1.54, 1.807) is 0 Å². The number of hydrogen-bond acceptors (Lipinski definition) is 2. The van der Waals surface area contributed by atoms with Gasteiger partial charge in [0.15, 0.2) is 0 Å². The summed E-state index contributed by atoms with van der Waals surface area (Å²) in [6.45, 7) is 8.16. The maximum absolute atomic E-state index is 6.18. The summed E-state index contributed by atoms with van der Waals surface area (Å²) >= 11 is 0. The largest absolute Gasteiger partial charge is 0.329 e. The fourth-order valence-electron chi connectivity index (χ4n) is 4.01. The Labute approximate surface area is 107 Å². The first-order valence-electron chi connectivity index (χ1n) is 7.69. The van der Waals surface area contributed by atoms with Crippen molar-refractivity contribution >= 4 is 0 Å². The van der Waals surface area contributed by atoms with E-state index in [0.29, 0.717) is 5.54 Å². The summed E-state index contributed by atoms with van der Waals surface area (Å²) in [7, 11) is 0. The van der Waals surface area contributed by atoms with Gasteiger partial charge in [-0.1, -0.05) is 39.5 Å². The van der Waals surface area contributed by atoms with Crippen LogP contribution in [0.15, 0.2) is 0 Å². The summed E-state index contributed by atoms with van der Waals surface area (Å²) in [5, 5.41) is 0. The van der Waals surface area contributed by atoms with Crippen LogP contribution >= 0.6 is 0 Å². The van der Waals surface area contributed by atoms with Crippen molar-refractivity contribution in [2.75, 3.05) is 19.6 Å². The van der Waals surface area contributed by atoms with Crippen molar-refractivity contribution in [3.05, 3.63) is 0 Å². The van der Waals surface area contributed by atoms with Crippen LogP contribution in [0.3, 0.4) is 0 Å². The van der Waals surface area contributed by atoms with Crippen LogP contribution in [0.1, 0.15) is 58.8 Å². The predicted octanol–water partition coefficient (Wildman–Crippen LogP) is 3.02. The highest BCUT2D eigenvalue weighted by atomic mass is 15.2.